The molecule has 4 aromatic carbocycles. The Hall–Kier alpha value is -4.50. The number of amides is 2. The lowest BCUT2D eigenvalue weighted by molar-refractivity contribution is 0.101. The third-order valence-electron chi connectivity index (χ3n) is 7.67. The largest absolute Gasteiger partial charge is 0.524 e. The van der Waals surface area contributed by atoms with Crippen LogP contribution in [0.2, 0.25) is 0 Å². The maximum atomic E-state index is 13.5. The number of benzene rings is 4. The zero-order chi connectivity index (χ0) is 31.8. The van der Waals surface area contributed by atoms with E-state index in [2.05, 4.69) is 20.5 Å². The second kappa shape index (κ2) is 14.5. The van der Waals surface area contributed by atoms with Crippen molar-refractivity contribution in [1.29, 1.82) is 0 Å². The SMILES string of the molecule is O=C(Nc1cccc(F)c1)c1cccc(CNc2ccc(C(=O)Nc3cccc(OP(=O)(O)O)c3)cc2CC2CCCCC2)c1. The number of nitrogens with one attached hydrogen (secondary N) is 3. The van der Waals surface area contributed by atoms with Crippen molar-refractivity contribution >= 4 is 36.7 Å². The summed E-state index contributed by atoms with van der Waals surface area (Å²) >= 11 is 0. The van der Waals surface area contributed by atoms with E-state index in [0.717, 1.165) is 36.1 Å². The number of rotatable bonds is 11. The Morgan fingerprint density at radius 2 is 1.47 bits per heavy atom. The summed E-state index contributed by atoms with van der Waals surface area (Å²) in [5, 5.41) is 8.99. The molecule has 0 saturated heterocycles. The smallest absolute Gasteiger partial charge is 0.404 e. The summed E-state index contributed by atoms with van der Waals surface area (Å²) in [5.74, 6) is -0.685. The van der Waals surface area contributed by atoms with Crippen LogP contribution >= 0.6 is 7.82 Å². The maximum absolute atomic E-state index is 13.5. The summed E-state index contributed by atoms with van der Waals surface area (Å²) in [4.78, 5) is 44.2. The molecule has 5 rings (SSSR count). The summed E-state index contributed by atoms with van der Waals surface area (Å²) in [5.41, 5.74) is 4.39. The molecule has 0 heterocycles. The highest BCUT2D eigenvalue weighted by Gasteiger charge is 2.19. The first-order valence-corrected chi connectivity index (χ1v) is 16.3. The normalized spacial score (nSPS) is 13.6. The Morgan fingerprint density at radius 1 is 0.800 bits per heavy atom. The molecule has 0 bridgehead atoms. The number of hydrogen-bond donors (Lipinski definition) is 5. The highest BCUT2D eigenvalue weighted by Crippen LogP contribution is 2.38. The lowest BCUT2D eigenvalue weighted by atomic mass is 9.84. The predicted octanol–water partition coefficient (Wildman–Crippen LogP) is 7.54. The Bertz CT molecular complexity index is 1720. The van der Waals surface area contributed by atoms with Crippen LogP contribution < -0.4 is 20.5 Å². The fourth-order valence-electron chi connectivity index (χ4n) is 5.54. The van der Waals surface area contributed by atoms with E-state index in [9.17, 15) is 18.5 Å². The van der Waals surface area contributed by atoms with Gasteiger partial charge in [-0.15, -0.1) is 0 Å². The van der Waals surface area contributed by atoms with Crippen molar-refractivity contribution in [2.45, 2.75) is 45.1 Å². The molecule has 0 radical (unpaired) electrons. The molecule has 1 fully saturated rings. The fourth-order valence-corrected chi connectivity index (χ4v) is 5.93. The van der Waals surface area contributed by atoms with Crippen molar-refractivity contribution in [3.63, 3.8) is 0 Å². The van der Waals surface area contributed by atoms with Crippen molar-refractivity contribution in [3.05, 3.63) is 119 Å². The molecule has 0 aromatic heterocycles. The monoisotopic (exact) mass is 631 g/mol. The molecule has 0 spiro atoms. The fraction of sp³-hybridized carbons (Fsp3) is 0.235. The van der Waals surface area contributed by atoms with Crippen molar-refractivity contribution < 1.29 is 32.9 Å². The number of phosphoric ester groups is 1. The first-order chi connectivity index (χ1) is 21.6. The Morgan fingerprint density at radius 3 is 2.18 bits per heavy atom. The van der Waals surface area contributed by atoms with E-state index >= 15 is 0 Å². The molecular weight excluding hydrogens is 596 g/mol. The van der Waals surface area contributed by atoms with E-state index in [1.54, 1.807) is 36.4 Å². The van der Waals surface area contributed by atoms with Crippen molar-refractivity contribution in [3.8, 4) is 5.75 Å². The molecule has 2 amide bonds. The molecule has 1 aliphatic carbocycles. The van der Waals surface area contributed by atoms with Gasteiger partial charge >= 0.3 is 7.82 Å². The average Bonchev–Trinajstić information content (AvgIpc) is 3.00. The Balaban J connectivity index is 1.30. The Kier molecular flexibility index (Phi) is 10.3. The molecule has 9 nitrogen and oxygen atoms in total. The van der Waals surface area contributed by atoms with E-state index in [4.69, 9.17) is 9.79 Å². The predicted molar refractivity (Wildman–Crippen MR) is 172 cm³/mol. The van der Waals surface area contributed by atoms with Gasteiger partial charge in [-0.05, 0) is 84.1 Å². The standard InChI is InChI=1S/C34H35FN3O6P/c35-28-11-5-12-29(20-28)37-33(39)25-10-4-9-24(18-25)22-36-32-16-15-26(19-27(32)17-23-7-2-1-3-8-23)34(40)38-30-13-6-14-31(21-30)44-45(41,42)43/h4-6,9-16,18-21,23,36H,1-3,7-8,17,22H2,(H,37,39)(H,38,40)(H2,41,42,43). The van der Waals surface area contributed by atoms with E-state index in [0.29, 0.717) is 35.0 Å². The van der Waals surface area contributed by atoms with Gasteiger partial charge in [-0.25, -0.2) is 8.96 Å². The van der Waals surface area contributed by atoms with Gasteiger partial charge in [-0.2, -0.15) is 0 Å². The van der Waals surface area contributed by atoms with E-state index in [-0.39, 0.29) is 17.6 Å². The molecular formula is C34H35FN3O6P. The number of anilines is 3. The van der Waals surface area contributed by atoms with Crippen LogP contribution in [0.3, 0.4) is 0 Å². The summed E-state index contributed by atoms with van der Waals surface area (Å²) in [7, 11) is -4.73. The lowest BCUT2D eigenvalue weighted by Crippen LogP contribution is -2.15. The van der Waals surface area contributed by atoms with Gasteiger partial charge in [0, 0.05) is 40.8 Å². The quantitative estimate of drug-likeness (QED) is 0.108. The minimum Gasteiger partial charge on any atom is -0.404 e. The lowest BCUT2D eigenvalue weighted by Gasteiger charge is -2.23. The number of phosphoric acid groups is 1. The molecule has 0 unspecified atom stereocenters. The average molecular weight is 632 g/mol. The molecule has 4 aromatic rings. The molecule has 5 N–H and O–H groups in total. The van der Waals surface area contributed by atoms with Gasteiger partial charge < -0.3 is 20.5 Å². The van der Waals surface area contributed by atoms with Crippen LogP contribution in [0.5, 0.6) is 5.75 Å². The third kappa shape index (κ3) is 9.49. The van der Waals surface area contributed by atoms with Gasteiger partial charge in [-0.1, -0.05) is 56.4 Å². The van der Waals surface area contributed by atoms with Gasteiger partial charge in [0.05, 0.1) is 0 Å². The van der Waals surface area contributed by atoms with Crippen molar-refractivity contribution in [2.75, 3.05) is 16.0 Å². The van der Waals surface area contributed by atoms with Crippen LogP contribution in [0.15, 0.2) is 91.0 Å². The zero-order valence-electron chi connectivity index (χ0n) is 24.5. The molecule has 0 aliphatic heterocycles. The van der Waals surface area contributed by atoms with Crippen molar-refractivity contribution in [2.24, 2.45) is 5.92 Å². The highest BCUT2D eigenvalue weighted by molar-refractivity contribution is 7.46. The molecule has 0 atom stereocenters. The topological polar surface area (TPSA) is 137 Å². The summed E-state index contributed by atoms with van der Waals surface area (Å²) in [6.07, 6.45) is 6.68. The van der Waals surface area contributed by atoms with Crippen molar-refractivity contribution in [1.82, 2.24) is 0 Å². The van der Waals surface area contributed by atoms with E-state index in [1.165, 1.54) is 55.7 Å². The van der Waals surface area contributed by atoms with Crippen LogP contribution in [-0.2, 0) is 17.5 Å². The summed E-state index contributed by atoms with van der Waals surface area (Å²) in [6, 6.07) is 24.3. The maximum Gasteiger partial charge on any atom is 0.524 e. The number of hydrogen-bond acceptors (Lipinski definition) is 5. The van der Waals surface area contributed by atoms with Gasteiger partial charge in [0.15, 0.2) is 0 Å². The Labute approximate surface area is 261 Å². The number of carbonyl (C=O) groups is 2. The minimum absolute atomic E-state index is 0.0609. The van der Waals surface area contributed by atoms with Crippen LogP contribution in [-0.4, -0.2) is 21.6 Å². The zero-order valence-corrected chi connectivity index (χ0v) is 25.4. The highest BCUT2D eigenvalue weighted by atomic mass is 31.2. The van der Waals surface area contributed by atoms with Gasteiger partial charge in [0.1, 0.15) is 11.6 Å². The first kappa shape index (κ1) is 31.9. The van der Waals surface area contributed by atoms with Gasteiger partial charge in [0.25, 0.3) is 11.8 Å². The van der Waals surface area contributed by atoms with Crippen LogP contribution in [0.25, 0.3) is 0 Å². The second-order valence-corrected chi connectivity index (χ2v) is 12.3. The number of halogens is 1. The summed E-state index contributed by atoms with van der Waals surface area (Å²) < 4.78 is 29.4. The molecule has 45 heavy (non-hydrogen) atoms. The van der Waals surface area contributed by atoms with E-state index < -0.39 is 13.6 Å². The second-order valence-electron chi connectivity index (χ2n) is 11.2. The minimum atomic E-state index is -4.73. The first-order valence-electron chi connectivity index (χ1n) is 14.8. The molecule has 1 saturated carbocycles. The van der Waals surface area contributed by atoms with E-state index in [1.807, 2.05) is 18.2 Å². The summed E-state index contributed by atoms with van der Waals surface area (Å²) in [6.45, 7) is 0.441. The molecule has 234 valence electrons. The van der Waals surface area contributed by atoms with Gasteiger partial charge in [0.2, 0.25) is 0 Å². The number of carbonyl (C=O) groups excluding carboxylic acids is 2. The molecule has 1 aliphatic rings. The third-order valence-corrected chi connectivity index (χ3v) is 8.12. The van der Waals surface area contributed by atoms with Gasteiger partial charge in [-0.3, -0.25) is 19.4 Å². The molecule has 11 heteroatoms. The van der Waals surface area contributed by atoms with Crippen LogP contribution in [0.4, 0.5) is 21.5 Å². The van der Waals surface area contributed by atoms with Crippen LogP contribution in [0.1, 0.15) is 63.9 Å². The van der Waals surface area contributed by atoms with Crippen LogP contribution in [0, 0.1) is 11.7 Å².